The van der Waals surface area contributed by atoms with Crippen LogP contribution in [0.4, 0.5) is 0 Å². The number of aliphatic hydroxyl groups excluding tert-OH is 1. The predicted octanol–water partition coefficient (Wildman–Crippen LogP) is 3.24. The van der Waals surface area contributed by atoms with Crippen molar-refractivity contribution in [2.75, 3.05) is 7.11 Å². The lowest BCUT2D eigenvalue weighted by Gasteiger charge is -2.11. The average Bonchev–Trinajstić information content (AvgIpc) is 2.41. The van der Waals surface area contributed by atoms with Crippen molar-refractivity contribution in [3.8, 4) is 17.4 Å². The van der Waals surface area contributed by atoms with Crippen LogP contribution in [-0.4, -0.2) is 17.2 Å². The van der Waals surface area contributed by atoms with Gasteiger partial charge in [0.1, 0.15) is 0 Å². The van der Waals surface area contributed by atoms with Crippen LogP contribution in [0.2, 0.25) is 0 Å². The molecule has 0 spiro atoms. The zero-order valence-corrected chi connectivity index (χ0v) is 11.3. The van der Waals surface area contributed by atoms with Crippen LogP contribution in [0.25, 0.3) is 0 Å². The van der Waals surface area contributed by atoms with Gasteiger partial charge in [-0.15, -0.1) is 0 Å². The van der Waals surface area contributed by atoms with Gasteiger partial charge in [-0.25, -0.2) is 4.98 Å². The van der Waals surface area contributed by atoms with E-state index in [2.05, 4.69) is 4.98 Å². The Labute approximate surface area is 112 Å². The topological polar surface area (TPSA) is 51.6 Å². The van der Waals surface area contributed by atoms with Crippen molar-refractivity contribution >= 4 is 0 Å². The summed E-state index contributed by atoms with van der Waals surface area (Å²) in [6.45, 7) is 3.68. The number of aliphatic hydroxyl groups is 1. The fraction of sp³-hybridized carbons (Fsp3) is 0.267. The molecular weight excluding hydrogens is 242 g/mol. The molecule has 0 aliphatic heterocycles. The van der Waals surface area contributed by atoms with Crippen molar-refractivity contribution in [3.05, 3.63) is 47.7 Å². The molecule has 1 aromatic heterocycles. The second kappa shape index (κ2) is 5.71. The van der Waals surface area contributed by atoms with E-state index >= 15 is 0 Å². The Hall–Kier alpha value is -2.07. The maximum absolute atomic E-state index is 9.54. The van der Waals surface area contributed by atoms with E-state index in [1.54, 1.807) is 32.4 Å². The van der Waals surface area contributed by atoms with Crippen molar-refractivity contribution < 1.29 is 14.6 Å². The van der Waals surface area contributed by atoms with Crippen LogP contribution in [-0.2, 0) is 0 Å². The van der Waals surface area contributed by atoms with Crippen molar-refractivity contribution in [2.45, 2.75) is 20.0 Å². The molecule has 1 atom stereocenters. The molecule has 0 radical (unpaired) electrons. The lowest BCUT2D eigenvalue weighted by molar-refractivity contribution is 0.198. The van der Waals surface area contributed by atoms with E-state index < -0.39 is 6.10 Å². The molecule has 0 aliphatic carbocycles. The number of methoxy groups -OCH3 is 1. The fourth-order valence-electron chi connectivity index (χ4n) is 1.71. The molecule has 19 heavy (non-hydrogen) atoms. The molecule has 1 heterocycles. The third kappa shape index (κ3) is 3.23. The number of benzene rings is 1. The highest BCUT2D eigenvalue weighted by Crippen LogP contribution is 2.31. The molecule has 2 aromatic rings. The quantitative estimate of drug-likeness (QED) is 0.915. The first kappa shape index (κ1) is 13.4. The van der Waals surface area contributed by atoms with Crippen LogP contribution in [0.15, 0.2) is 36.5 Å². The van der Waals surface area contributed by atoms with Gasteiger partial charge in [-0.1, -0.05) is 6.07 Å². The standard InChI is InChI=1S/C15H17NO3/c1-10-4-5-13(14(8-10)18-3)19-15-9-12(11(2)17)6-7-16-15/h4-9,11,17H,1-3H3/t11-/m1/s1. The number of nitrogens with zero attached hydrogens (tertiary/aromatic N) is 1. The molecule has 0 unspecified atom stereocenters. The first-order chi connectivity index (χ1) is 9.10. The predicted molar refractivity (Wildman–Crippen MR) is 72.7 cm³/mol. The smallest absolute Gasteiger partial charge is 0.219 e. The van der Waals surface area contributed by atoms with Crippen LogP contribution in [0, 0.1) is 6.92 Å². The molecule has 4 heteroatoms. The highest BCUT2D eigenvalue weighted by atomic mass is 16.5. The Bertz CT molecular complexity index is 567. The molecule has 4 nitrogen and oxygen atoms in total. The monoisotopic (exact) mass is 259 g/mol. The molecule has 0 saturated heterocycles. The van der Waals surface area contributed by atoms with Gasteiger partial charge in [0.2, 0.25) is 5.88 Å². The van der Waals surface area contributed by atoms with Gasteiger partial charge in [0.25, 0.3) is 0 Å². The molecule has 0 bridgehead atoms. The van der Waals surface area contributed by atoms with Gasteiger partial charge in [0.15, 0.2) is 11.5 Å². The molecule has 1 aromatic carbocycles. The number of aromatic nitrogens is 1. The molecule has 0 aliphatic rings. The van der Waals surface area contributed by atoms with E-state index in [1.807, 2.05) is 25.1 Å². The minimum absolute atomic E-state index is 0.431. The molecule has 0 saturated carbocycles. The summed E-state index contributed by atoms with van der Waals surface area (Å²) >= 11 is 0. The summed E-state index contributed by atoms with van der Waals surface area (Å²) in [5.41, 5.74) is 1.85. The van der Waals surface area contributed by atoms with Crippen LogP contribution < -0.4 is 9.47 Å². The van der Waals surface area contributed by atoms with E-state index in [9.17, 15) is 5.11 Å². The Morgan fingerprint density at radius 1 is 1.16 bits per heavy atom. The largest absolute Gasteiger partial charge is 0.493 e. The number of hydrogen-bond acceptors (Lipinski definition) is 4. The third-order valence-corrected chi connectivity index (χ3v) is 2.77. The van der Waals surface area contributed by atoms with Gasteiger partial charge in [-0.2, -0.15) is 0 Å². The van der Waals surface area contributed by atoms with Gasteiger partial charge in [-0.3, -0.25) is 0 Å². The van der Waals surface area contributed by atoms with Gasteiger partial charge < -0.3 is 14.6 Å². The summed E-state index contributed by atoms with van der Waals surface area (Å²) in [6, 6.07) is 9.14. The van der Waals surface area contributed by atoms with Gasteiger partial charge in [0, 0.05) is 12.3 Å². The van der Waals surface area contributed by atoms with Crippen LogP contribution in [0.3, 0.4) is 0 Å². The van der Waals surface area contributed by atoms with Crippen LogP contribution in [0.5, 0.6) is 17.4 Å². The summed E-state index contributed by atoms with van der Waals surface area (Å²) < 4.78 is 11.0. The number of hydrogen-bond donors (Lipinski definition) is 1. The molecule has 2 rings (SSSR count). The molecule has 0 fully saturated rings. The van der Waals surface area contributed by atoms with Crippen LogP contribution in [0.1, 0.15) is 24.2 Å². The maximum atomic E-state index is 9.54. The lowest BCUT2D eigenvalue weighted by Crippen LogP contribution is -1.95. The zero-order chi connectivity index (χ0) is 13.8. The first-order valence-corrected chi connectivity index (χ1v) is 6.06. The minimum Gasteiger partial charge on any atom is -0.493 e. The lowest BCUT2D eigenvalue weighted by atomic mass is 10.2. The van der Waals surface area contributed by atoms with Crippen molar-refractivity contribution in [2.24, 2.45) is 0 Å². The van der Waals surface area contributed by atoms with Crippen molar-refractivity contribution in [1.29, 1.82) is 0 Å². The van der Waals surface area contributed by atoms with E-state index in [1.165, 1.54) is 0 Å². The van der Waals surface area contributed by atoms with Crippen LogP contribution >= 0.6 is 0 Å². The summed E-state index contributed by atoms with van der Waals surface area (Å²) in [5, 5.41) is 9.54. The van der Waals surface area contributed by atoms with Gasteiger partial charge >= 0.3 is 0 Å². The second-order valence-electron chi connectivity index (χ2n) is 4.36. The Morgan fingerprint density at radius 3 is 2.63 bits per heavy atom. The molecule has 1 N–H and O–H groups in total. The third-order valence-electron chi connectivity index (χ3n) is 2.77. The zero-order valence-electron chi connectivity index (χ0n) is 11.3. The summed E-state index contributed by atoms with van der Waals surface area (Å²) in [6.07, 6.45) is 1.06. The maximum Gasteiger partial charge on any atom is 0.219 e. The molecule has 100 valence electrons. The molecular formula is C15H17NO3. The molecule has 0 amide bonds. The van der Waals surface area contributed by atoms with Gasteiger partial charge in [-0.05, 0) is 43.2 Å². The average molecular weight is 259 g/mol. The van der Waals surface area contributed by atoms with Crippen molar-refractivity contribution in [3.63, 3.8) is 0 Å². The Balaban J connectivity index is 2.28. The van der Waals surface area contributed by atoms with E-state index in [0.29, 0.717) is 17.4 Å². The number of ether oxygens (including phenoxy) is 2. The summed E-state index contributed by atoms with van der Waals surface area (Å²) in [5.74, 6) is 1.69. The summed E-state index contributed by atoms with van der Waals surface area (Å²) in [7, 11) is 1.60. The highest BCUT2D eigenvalue weighted by molar-refractivity contribution is 5.44. The summed E-state index contributed by atoms with van der Waals surface area (Å²) in [4.78, 5) is 4.13. The van der Waals surface area contributed by atoms with Gasteiger partial charge in [0.05, 0.1) is 13.2 Å². The fourth-order valence-corrected chi connectivity index (χ4v) is 1.71. The van der Waals surface area contributed by atoms with Crippen molar-refractivity contribution in [1.82, 2.24) is 4.98 Å². The Morgan fingerprint density at radius 2 is 1.95 bits per heavy atom. The normalized spacial score (nSPS) is 12.0. The number of rotatable bonds is 4. The Kier molecular flexibility index (Phi) is 4.02. The second-order valence-corrected chi connectivity index (χ2v) is 4.36. The minimum atomic E-state index is -0.551. The first-order valence-electron chi connectivity index (χ1n) is 6.06. The highest BCUT2D eigenvalue weighted by Gasteiger charge is 2.08. The number of aryl methyl sites for hydroxylation is 1. The number of pyridine rings is 1. The van der Waals surface area contributed by atoms with E-state index in [4.69, 9.17) is 9.47 Å². The van der Waals surface area contributed by atoms with E-state index in [-0.39, 0.29) is 0 Å². The SMILES string of the molecule is COc1cc(C)ccc1Oc1cc([C@@H](C)O)ccn1. The van der Waals surface area contributed by atoms with E-state index in [0.717, 1.165) is 11.1 Å².